The molecule has 2 aromatic rings. The molecule has 0 radical (unpaired) electrons. The Balaban J connectivity index is 1.95. The van der Waals surface area contributed by atoms with Gasteiger partial charge in [0.25, 0.3) is 0 Å². The van der Waals surface area contributed by atoms with Gasteiger partial charge >= 0.3 is 0 Å². The number of halogens is 1. The number of oxazole rings is 1. The van der Waals surface area contributed by atoms with Crippen LogP contribution in [0.4, 0.5) is 4.39 Å². The first-order chi connectivity index (χ1) is 11.0. The molecular formula is C17H20FNO3S. The quantitative estimate of drug-likeness (QED) is 0.824. The van der Waals surface area contributed by atoms with E-state index in [2.05, 4.69) is 4.98 Å². The van der Waals surface area contributed by atoms with Crippen LogP contribution in [0.15, 0.2) is 22.6 Å². The number of aromatic nitrogens is 1. The molecule has 0 spiro atoms. The maximum absolute atomic E-state index is 14.2. The van der Waals surface area contributed by atoms with Crippen molar-refractivity contribution >= 4 is 11.1 Å². The second-order valence-corrected chi connectivity index (χ2v) is 6.88. The summed E-state index contributed by atoms with van der Waals surface area (Å²) in [6.45, 7) is 1.81. The maximum atomic E-state index is 14.2. The van der Waals surface area contributed by atoms with Crippen molar-refractivity contribution in [3.63, 3.8) is 0 Å². The van der Waals surface area contributed by atoms with Crippen LogP contribution in [0.5, 0.6) is 5.75 Å². The minimum absolute atomic E-state index is 0.0231. The van der Waals surface area contributed by atoms with Crippen LogP contribution in [0.25, 0.3) is 11.3 Å². The van der Waals surface area contributed by atoms with Gasteiger partial charge in [0.05, 0.1) is 5.69 Å². The molecule has 0 aliphatic heterocycles. The van der Waals surface area contributed by atoms with Gasteiger partial charge < -0.3 is 8.60 Å². The zero-order valence-electron chi connectivity index (χ0n) is 13.3. The van der Waals surface area contributed by atoms with E-state index in [1.807, 2.05) is 6.92 Å². The Hall–Kier alpha value is -1.69. The van der Waals surface area contributed by atoms with Crippen molar-refractivity contribution in [3.05, 3.63) is 35.6 Å². The second-order valence-electron chi connectivity index (χ2n) is 5.91. The molecule has 124 valence electrons. The lowest BCUT2D eigenvalue weighted by atomic mass is 9.85. The summed E-state index contributed by atoms with van der Waals surface area (Å²) < 4.78 is 35.9. The van der Waals surface area contributed by atoms with E-state index in [0.717, 1.165) is 18.5 Å². The Morgan fingerprint density at radius 3 is 2.70 bits per heavy atom. The third kappa shape index (κ3) is 3.63. The summed E-state index contributed by atoms with van der Waals surface area (Å²) in [5, 5.41) is 0. The van der Waals surface area contributed by atoms with Crippen LogP contribution in [0.2, 0.25) is 0 Å². The van der Waals surface area contributed by atoms with Crippen molar-refractivity contribution < 1.29 is 17.2 Å². The highest BCUT2D eigenvalue weighted by molar-refractivity contribution is 7.79. The Kier molecular flexibility index (Phi) is 4.80. The minimum Gasteiger partial charge on any atom is -0.441 e. The molecule has 1 aromatic carbocycles. The van der Waals surface area contributed by atoms with E-state index >= 15 is 0 Å². The molecule has 0 amide bonds. The average molecular weight is 337 g/mol. The summed E-state index contributed by atoms with van der Waals surface area (Å²) in [4.78, 5) is 4.54. The van der Waals surface area contributed by atoms with Gasteiger partial charge in [-0.15, -0.1) is 0 Å². The first-order valence-corrected chi connectivity index (χ1v) is 9.32. The molecule has 3 rings (SSSR count). The SMILES string of the molecule is Cc1nc(C2CCCCC2)c(-c2ccc(OS(C)=O)c(F)c2)o1. The van der Waals surface area contributed by atoms with Crippen molar-refractivity contribution in [2.75, 3.05) is 6.26 Å². The monoisotopic (exact) mass is 337 g/mol. The summed E-state index contributed by atoms with van der Waals surface area (Å²) in [5.74, 6) is 1.03. The van der Waals surface area contributed by atoms with E-state index in [-0.39, 0.29) is 5.75 Å². The zero-order valence-corrected chi connectivity index (χ0v) is 14.1. The highest BCUT2D eigenvalue weighted by atomic mass is 32.2. The molecule has 1 aromatic heterocycles. The fraction of sp³-hybridized carbons (Fsp3) is 0.471. The maximum Gasteiger partial charge on any atom is 0.203 e. The highest BCUT2D eigenvalue weighted by Gasteiger charge is 2.24. The standard InChI is InChI=1S/C17H20FNO3S/c1-11-19-16(12-6-4-3-5-7-12)17(21-11)13-8-9-15(14(18)10-13)22-23(2)20/h8-10,12H,3-7H2,1-2H3. The van der Waals surface area contributed by atoms with Gasteiger partial charge in [0.2, 0.25) is 11.1 Å². The molecule has 1 unspecified atom stereocenters. The molecular weight excluding hydrogens is 317 g/mol. The minimum atomic E-state index is -1.56. The van der Waals surface area contributed by atoms with Crippen molar-refractivity contribution in [3.8, 4) is 17.1 Å². The molecule has 4 nitrogen and oxygen atoms in total. The predicted molar refractivity (Wildman–Crippen MR) is 87.2 cm³/mol. The normalized spacial score (nSPS) is 17.2. The van der Waals surface area contributed by atoms with E-state index in [9.17, 15) is 8.60 Å². The van der Waals surface area contributed by atoms with Crippen molar-refractivity contribution in [2.24, 2.45) is 0 Å². The summed E-state index contributed by atoms with van der Waals surface area (Å²) in [5.41, 5.74) is 1.56. The first-order valence-electron chi connectivity index (χ1n) is 7.83. The van der Waals surface area contributed by atoms with Crippen LogP contribution in [0, 0.1) is 12.7 Å². The van der Waals surface area contributed by atoms with Crippen molar-refractivity contribution in [1.82, 2.24) is 4.98 Å². The topological polar surface area (TPSA) is 52.3 Å². The summed E-state index contributed by atoms with van der Waals surface area (Å²) >= 11 is -1.56. The van der Waals surface area contributed by atoms with Crippen LogP contribution >= 0.6 is 0 Å². The number of rotatable bonds is 4. The van der Waals surface area contributed by atoms with E-state index < -0.39 is 16.9 Å². The number of hydrogen-bond donors (Lipinski definition) is 0. The van der Waals surface area contributed by atoms with Gasteiger partial charge in [-0.1, -0.05) is 19.3 Å². The average Bonchev–Trinajstić information content (AvgIpc) is 2.92. The largest absolute Gasteiger partial charge is 0.441 e. The lowest BCUT2D eigenvalue weighted by Crippen LogP contribution is -2.06. The van der Waals surface area contributed by atoms with Crippen molar-refractivity contribution in [2.45, 2.75) is 44.9 Å². The smallest absolute Gasteiger partial charge is 0.203 e. The van der Waals surface area contributed by atoms with Crippen LogP contribution in [-0.4, -0.2) is 15.4 Å². The van der Waals surface area contributed by atoms with Crippen LogP contribution in [-0.2, 0) is 11.1 Å². The molecule has 1 fully saturated rings. The van der Waals surface area contributed by atoms with Gasteiger partial charge in [-0.2, -0.15) is 0 Å². The van der Waals surface area contributed by atoms with Gasteiger partial charge in [-0.3, -0.25) is 0 Å². The molecule has 1 saturated carbocycles. The highest BCUT2D eigenvalue weighted by Crippen LogP contribution is 2.38. The van der Waals surface area contributed by atoms with E-state index in [4.69, 9.17) is 8.60 Å². The lowest BCUT2D eigenvalue weighted by Gasteiger charge is -2.20. The fourth-order valence-corrected chi connectivity index (χ4v) is 3.53. The predicted octanol–water partition coefficient (Wildman–Crippen LogP) is 4.51. The molecule has 1 aliphatic carbocycles. The molecule has 23 heavy (non-hydrogen) atoms. The van der Waals surface area contributed by atoms with E-state index in [1.165, 1.54) is 37.7 Å². The molecule has 1 heterocycles. The third-order valence-electron chi connectivity index (χ3n) is 4.15. The Bertz CT molecular complexity index is 723. The summed E-state index contributed by atoms with van der Waals surface area (Å²) in [7, 11) is 0. The second kappa shape index (κ2) is 6.83. The first kappa shape index (κ1) is 16.2. The summed E-state index contributed by atoms with van der Waals surface area (Å²) in [6.07, 6.45) is 7.19. The van der Waals surface area contributed by atoms with Gasteiger partial charge in [-0.25, -0.2) is 13.6 Å². The molecule has 0 N–H and O–H groups in total. The van der Waals surface area contributed by atoms with Crippen LogP contribution in [0.1, 0.15) is 49.6 Å². The van der Waals surface area contributed by atoms with Crippen molar-refractivity contribution in [1.29, 1.82) is 0 Å². The zero-order chi connectivity index (χ0) is 16.4. The van der Waals surface area contributed by atoms with E-state index in [0.29, 0.717) is 23.1 Å². The molecule has 0 saturated heterocycles. The van der Waals surface area contributed by atoms with Gasteiger partial charge in [-0.05, 0) is 31.0 Å². The Morgan fingerprint density at radius 2 is 2.04 bits per heavy atom. The fourth-order valence-electron chi connectivity index (χ4n) is 3.14. The lowest BCUT2D eigenvalue weighted by molar-refractivity contribution is 0.436. The molecule has 0 bridgehead atoms. The van der Waals surface area contributed by atoms with Gasteiger partial charge in [0.15, 0.2) is 23.2 Å². The van der Waals surface area contributed by atoms with Gasteiger partial charge in [0.1, 0.15) is 0 Å². The number of nitrogens with zero attached hydrogens (tertiary/aromatic N) is 1. The Morgan fingerprint density at radius 1 is 1.30 bits per heavy atom. The third-order valence-corrected chi connectivity index (χ3v) is 4.57. The molecule has 1 atom stereocenters. The number of hydrogen-bond acceptors (Lipinski definition) is 4. The van der Waals surface area contributed by atoms with E-state index in [1.54, 1.807) is 6.07 Å². The van der Waals surface area contributed by atoms with Crippen LogP contribution in [0.3, 0.4) is 0 Å². The number of aryl methyl sites for hydroxylation is 1. The summed E-state index contributed by atoms with van der Waals surface area (Å²) in [6, 6.07) is 4.56. The van der Waals surface area contributed by atoms with Gasteiger partial charge in [0, 0.05) is 24.7 Å². The van der Waals surface area contributed by atoms with Crippen LogP contribution < -0.4 is 4.18 Å². The Labute approximate surface area is 137 Å². The molecule has 1 aliphatic rings. The molecule has 6 heteroatoms. The number of benzene rings is 1.